The molecule has 0 bridgehead atoms. The van der Waals surface area contributed by atoms with Crippen molar-refractivity contribution in [2.75, 3.05) is 45.8 Å². The molecule has 0 aromatic heterocycles. The Balaban J connectivity index is 1.92. The third-order valence-electron chi connectivity index (χ3n) is 3.24. The van der Waals surface area contributed by atoms with Crippen molar-refractivity contribution >= 4 is 29.2 Å². The van der Waals surface area contributed by atoms with E-state index in [4.69, 9.17) is 21.1 Å². The van der Waals surface area contributed by atoms with E-state index in [9.17, 15) is 9.59 Å². The number of rotatable bonds is 4. The number of carbonyl (C=O) groups excluding carboxylic acids is 2. The Morgan fingerprint density at radius 2 is 2.13 bits per heavy atom. The van der Waals surface area contributed by atoms with Gasteiger partial charge in [-0.2, -0.15) is 0 Å². The average molecular weight is 342 g/mol. The SMILES string of the molecule is CN(C)C(=O)c1cc(NC(=O)NCC2COCCO2)ccc1Cl. The van der Waals surface area contributed by atoms with Crippen molar-refractivity contribution < 1.29 is 19.1 Å². The third kappa shape index (κ3) is 5.09. The summed E-state index contributed by atoms with van der Waals surface area (Å²) in [5.74, 6) is -0.230. The average Bonchev–Trinajstić information content (AvgIpc) is 2.55. The number of ether oxygens (including phenoxy) is 2. The Morgan fingerprint density at radius 1 is 1.35 bits per heavy atom. The minimum atomic E-state index is -0.384. The fourth-order valence-electron chi connectivity index (χ4n) is 2.04. The molecular weight excluding hydrogens is 322 g/mol. The smallest absolute Gasteiger partial charge is 0.319 e. The highest BCUT2D eigenvalue weighted by atomic mass is 35.5. The second kappa shape index (κ2) is 8.14. The lowest BCUT2D eigenvalue weighted by Crippen LogP contribution is -2.41. The van der Waals surface area contributed by atoms with Crippen molar-refractivity contribution in [1.82, 2.24) is 10.2 Å². The van der Waals surface area contributed by atoms with E-state index >= 15 is 0 Å². The summed E-state index contributed by atoms with van der Waals surface area (Å²) in [5, 5.41) is 5.71. The zero-order chi connectivity index (χ0) is 16.8. The van der Waals surface area contributed by atoms with Gasteiger partial charge in [0.15, 0.2) is 0 Å². The summed E-state index contributed by atoms with van der Waals surface area (Å²) < 4.78 is 10.7. The second-order valence-corrected chi connectivity index (χ2v) is 5.70. The summed E-state index contributed by atoms with van der Waals surface area (Å²) in [6.07, 6.45) is -0.148. The molecule has 2 rings (SSSR count). The van der Waals surface area contributed by atoms with Crippen LogP contribution in [0, 0.1) is 0 Å². The number of nitrogens with zero attached hydrogens (tertiary/aromatic N) is 1. The van der Waals surface area contributed by atoms with E-state index in [1.807, 2.05) is 0 Å². The first-order chi connectivity index (χ1) is 11.0. The van der Waals surface area contributed by atoms with Gasteiger partial charge in [-0.1, -0.05) is 11.6 Å². The number of anilines is 1. The van der Waals surface area contributed by atoms with Gasteiger partial charge in [0.1, 0.15) is 0 Å². The fourth-order valence-corrected chi connectivity index (χ4v) is 2.24. The molecule has 7 nitrogen and oxygen atoms in total. The van der Waals surface area contributed by atoms with Gasteiger partial charge in [0.05, 0.1) is 36.5 Å². The molecule has 0 aliphatic carbocycles. The summed E-state index contributed by atoms with van der Waals surface area (Å²) in [6.45, 7) is 1.92. The van der Waals surface area contributed by atoms with E-state index in [-0.39, 0.29) is 18.0 Å². The summed E-state index contributed by atoms with van der Waals surface area (Å²) in [5.41, 5.74) is 0.816. The van der Waals surface area contributed by atoms with Gasteiger partial charge in [-0.25, -0.2) is 4.79 Å². The fraction of sp³-hybridized carbons (Fsp3) is 0.467. The van der Waals surface area contributed by atoms with Crippen LogP contribution in [0.5, 0.6) is 0 Å². The molecule has 1 saturated heterocycles. The number of benzene rings is 1. The summed E-state index contributed by atoms with van der Waals surface area (Å²) in [4.78, 5) is 25.3. The summed E-state index contributed by atoms with van der Waals surface area (Å²) in [6, 6.07) is 4.37. The molecule has 0 saturated carbocycles. The van der Waals surface area contributed by atoms with Crippen molar-refractivity contribution in [1.29, 1.82) is 0 Å². The van der Waals surface area contributed by atoms with Crippen LogP contribution in [0.15, 0.2) is 18.2 Å². The van der Waals surface area contributed by atoms with Gasteiger partial charge in [0.25, 0.3) is 5.91 Å². The number of hydrogen-bond acceptors (Lipinski definition) is 4. The molecule has 1 aliphatic rings. The maximum Gasteiger partial charge on any atom is 0.319 e. The van der Waals surface area contributed by atoms with Crippen molar-refractivity contribution in [2.45, 2.75) is 6.10 Å². The zero-order valence-corrected chi connectivity index (χ0v) is 13.9. The van der Waals surface area contributed by atoms with Gasteiger partial charge >= 0.3 is 6.03 Å². The Bertz CT molecular complexity index is 574. The molecule has 1 fully saturated rings. The molecule has 1 unspecified atom stereocenters. The first-order valence-electron chi connectivity index (χ1n) is 7.23. The van der Waals surface area contributed by atoms with E-state index in [0.29, 0.717) is 42.6 Å². The molecule has 0 spiro atoms. The van der Waals surface area contributed by atoms with E-state index in [0.717, 1.165) is 0 Å². The third-order valence-corrected chi connectivity index (χ3v) is 3.57. The number of carbonyl (C=O) groups is 2. The quantitative estimate of drug-likeness (QED) is 0.871. The molecule has 1 aromatic carbocycles. The van der Waals surface area contributed by atoms with Crippen LogP contribution < -0.4 is 10.6 Å². The van der Waals surface area contributed by atoms with Crippen LogP contribution in [0.1, 0.15) is 10.4 Å². The molecule has 1 atom stereocenters. The van der Waals surface area contributed by atoms with Crippen LogP contribution in [-0.4, -0.2) is 63.4 Å². The monoisotopic (exact) mass is 341 g/mol. The van der Waals surface area contributed by atoms with Gasteiger partial charge in [0.2, 0.25) is 0 Å². The first kappa shape index (κ1) is 17.5. The highest BCUT2D eigenvalue weighted by molar-refractivity contribution is 6.34. The van der Waals surface area contributed by atoms with Crippen molar-refractivity contribution in [2.24, 2.45) is 0 Å². The van der Waals surface area contributed by atoms with Crippen molar-refractivity contribution in [3.63, 3.8) is 0 Å². The second-order valence-electron chi connectivity index (χ2n) is 5.30. The number of amides is 3. The normalized spacial score (nSPS) is 17.4. The van der Waals surface area contributed by atoms with E-state index in [1.54, 1.807) is 32.3 Å². The summed E-state index contributed by atoms with van der Waals surface area (Å²) in [7, 11) is 3.27. The molecule has 23 heavy (non-hydrogen) atoms. The van der Waals surface area contributed by atoms with Crippen LogP contribution in [0.25, 0.3) is 0 Å². The maximum atomic E-state index is 12.0. The molecule has 1 aliphatic heterocycles. The molecule has 2 N–H and O–H groups in total. The summed E-state index contributed by atoms with van der Waals surface area (Å²) >= 11 is 6.03. The van der Waals surface area contributed by atoms with Gasteiger partial charge in [-0.05, 0) is 18.2 Å². The van der Waals surface area contributed by atoms with Crippen LogP contribution in [0.4, 0.5) is 10.5 Å². The Hall–Kier alpha value is -1.83. The Kier molecular flexibility index (Phi) is 6.20. The van der Waals surface area contributed by atoms with E-state index in [1.165, 1.54) is 4.90 Å². The van der Waals surface area contributed by atoms with E-state index < -0.39 is 0 Å². The number of urea groups is 1. The number of hydrogen-bond donors (Lipinski definition) is 2. The lowest BCUT2D eigenvalue weighted by molar-refractivity contribution is -0.0852. The van der Waals surface area contributed by atoms with Gasteiger partial charge in [-0.3, -0.25) is 4.79 Å². The van der Waals surface area contributed by atoms with Gasteiger partial charge < -0.3 is 25.0 Å². The van der Waals surface area contributed by atoms with Crippen LogP contribution >= 0.6 is 11.6 Å². The number of nitrogens with one attached hydrogen (secondary N) is 2. The molecule has 0 radical (unpaired) electrons. The predicted molar refractivity (Wildman–Crippen MR) is 87.0 cm³/mol. The minimum absolute atomic E-state index is 0.148. The largest absolute Gasteiger partial charge is 0.376 e. The van der Waals surface area contributed by atoms with Gasteiger partial charge in [-0.15, -0.1) is 0 Å². The van der Waals surface area contributed by atoms with Crippen LogP contribution in [0.2, 0.25) is 5.02 Å². The Morgan fingerprint density at radius 3 is 2.78 bits per heavy atom. The van der Waals surface area contributed by atoms with Crippen LogP contribution in [0.3, 0.4) is 0 Å². The lowest BCUT2D eigenvalue weighted by Gasteiger charge is -2.23. The molecule has 1 heterocycles. The molecule has 3 amide bonds. The molecule has 1 aromatic rings. The Labute approximate surface area is 139 Å². The van der Waals surface area contributed by atoms with Gasteiger partial charge in [0, 0.05) is 26.3 Å². The zero-order valence-electron chi connectivity index (χ0n) is 13.1. The molecular formula is C15H20ClN3O4. The topological polar surface area (TPSA) is 79.9 Å². The minimum Gasteiger partial charge on any atom is -0.376 e. The standard InChI is InChI=1S/C15H20ClN3O4/c1-19(2)14(20)12-7-10(3-4-13(12)16)18-15(21)17-8-11-9-22-5-6-23-11/h3-4,7,11H,5-6,8-9H2,1-2H3,(H2,17,18,21). The van der Waals surface area contributed by atoms with Crippen molar-refractivity contribution in [3.8, 4) is 0 Å². The maximum absolute atomic E-state index is 12.0. The van der Waals surface area contributed by atoms with E-state index in [2.05, 4.69) is 10.6 Å². The number of halogens is 1. The molecule has 8 heteroatoms. The highest BCUT2D eigenvalue weighted by Gasteiger charge is 2.16. The molecule has 126 valence electrons. The first-order valence-corrected chi connectivity index (χ1v) is 7.60. The van der Waals surface area contributed by atoms with Crippen LogP contribution in [-0.2, 0) is 9.47 Å². The lowest BCUT2D eigenvalue weighted by atomic mass is 10.2. The predicted octanol–water partition coefficient (Wildman–Crippen LogP) is 1.58. The van der Waals surface area contributed by atoms with Crippen molar-refractivity contribution in [3.05, 3.63) is 28.8 Å². The highest BCUT2D eigenvalue weighted by Crippen LogP contribution is 2.21.